The SMILES string of the molecule is C=COCC(O)COC(COc1ccc2cc(-c3ccc(C)cc3)c(=O)oc2c1)COc1ccc2cc(-c3ccc(C)cc3)c(=O)oc2c1. The summed E-state index contributed by atoms with van der Waals surface area (Å²) in [6.07, 6.45) is -0.288. The van der Waals surface area contributed by atoms with Gasteiger partial charge in [-0.05, 0) is 61.4 Å². The van der Waals surface area contributed by atoms with Crippen LogP contribution in [0, 0.1) is 13.8 Å². The Morgan fingerprint density at radius 2 is 1.12 bits per heavy atom. The summed E-state index contributed by atoms with van der Waals surface area (Å²) >= 11 is 0. The van der Waals surface area contributed by atoms with Crippen LogP contribution < -0.4 is 20.7 Å². The van der Waals surface area contributed by atoms with Gasteiger partial charge in [0.05, 0.1) is 24.0 Å². The molecule has 0 saturated heterocycles. The van der Waals surface area contributed by atoms with Crippen molar-refractivity contribution in [2.45, 2.75) is 26.1 Å². The molecule has 1 atom stereocenters. The first-order chi connectivity index (χ1) is 23.7. The monoisotopic (exact) mass is 660 g/mol. The highest BCUT2D eigenvalue weighted by atomic mass is 16.6. The molecule has 9 nitrogen and oxygen atoms in total. The second-order valence-electron chi connectivity index (χ2n) is 11.8. The average Bonchev–Trinajstić information content (AvgIpc) is 3.10. The fourth-order valence-electron chi connectivity index (χ4n) is 5.23. The van der Waals surface area contributed by atoms with Crippen LogP contribution in [0.1, 0.15) is 11.1 Å². The maximum Gasteiger partial charge on any atom is 0.344 e. The first-order valence-corrected chi connectivity index (χ1v) is 15.8. The Morgan fingerprint density at radius 3 is 1.57 bits per heavy atom. The van der Waals surface area contributed by atoms with Crippen LogP contribution in [-0.4, -0.2) is 43.7 Å². The van der Waals surface area contributed by atoms with E-state index in [0.717, 1.165) is 33.0 Å². The van der Waals surface area contributed by atoms with Gasteiger partial charge in [-0.15, -0.1) is 0 Å². The van der Waals surface area contributed by atoms with Crippen LogP contribution in [0.25, 0.3) is 44.2 Å². The zero-order valence-corrected chi connectivity index (χ0v) is 27.2. The highest BCUT2D eigenvalue weighted by Crippen LogP contribution is 2.27. The second kappa shape index (κ2) is 15.1. The van der Waals surface area contributed by atoms with Crippen molar-refractivity contribution in [3.8, 4) is 33.8 Å². The summed E-state index contributed by atoms with van der Waals surface area (Å²) in [6, 6.07) is 29.5. The summed E-state index contributed by atoms with van der Waals surface area (Å²) in [4.78, 5) is 25.6. The molecule has 1 unspecified atom stereocenters. The van der Waals surface area contributed by atoms with Crippen LogP contribution in [0.5, 0.6) is 11.5 Å². The van der Waals surface area contributed by atoms with E-state index < -0.39 is 23.5 Å². The van der Waals surface area contributed by atoms with E-state index >= 15 is 0 Å². The largest absolute Gasteiger partial charge is 0.499 e. The van der Waals surface area contributed by atoms with Gasteiger partial charge in [0.1, 0.15) is 54.7 Å². The number of ether oxygens (including phenoxy) is 4. The lowest BCUT2D eigenvalue weighted by Crippen LogP contribution is -2.33. The predicted molar refractivity (Wildman–Crippen MR) is 188 cm³/mol. The molecule has 0 spiro atoms. The Kier molecular flexibility index (Phi) is 10.2. The van der Waals surface area contributed by atoms with E-state index in [0.29, 0.717) is 33.8 Å². The summed E-state index contributed by atoms with van der Waals surface area (Å²) < 4.78 is 34.4. The highest BCUT2D eigenvalue weighted by Gasteiger charge is 2.17. The van der Waals surface area contributed by atoms with E-state index in [4.69, 9.17) is 27.8 Å². The van der Waals surface area contributed by atoms with E-state index in [1.165, 1.54) is 6.26 Å². The Hall–Kier alpha value is -5.64. The van der Waals surface area contributed by atoms with Gasteiger partial charge in [0.2, 0.25) is 0 Å². The van der Waals surface area contributed by atoms with Crippen molar-refractivity contribution < 1.29 is 32.9 Å². The van der Waals surface area contributed by atoms with Crippen LogP contribution in [0.15, 0.2) is 128 Å². The lowest BCUT2D eigenvalue weighted by molar-refractivity contribution is -0.0575. The number of hydrogen-bond donors (Lipinski definition) is 1. The van der Waals surface area contributed by atoms with Gasteiger partial charge in [0.25, 0.3) is 0 Å². The van der Waals surface area contributed by atoms with Crippen molar-refractivity contribution in [2.75, 3.05) is 26.4 Å². The topological polar surface area (TPSA) is 118 Å². The van der Waals surface area contributed by atoms with Gasteiger partial charge in [-0.1, -0.05) is 66.2 Å². The second-order valence-corrected chi connectivity index (χ2v) is 11.8. The molecule has 0 bridgehead atoms. The predicted octanol–water partition coefficient (Wildman–Crippen LogP) is 7.21. The van der Waals surface area contributed by atoms with Crippen LogP contribution in [0.4, 0.5) is 0 Å². The van der Waals surface area contributed by atoms with Gasteiger partial charge in [-0.3, -0.25) is 0 Å². The number of fused-ring (bicyclic) bond motifs is 2. The molecular formula is C40H36O9. The molecule has 250 valence electrons. The van der Waals surface area contributed by atoms with E-state index in [1.54, 1.807) is 36.4 Å². The minimum atomic E-state index is -0.907. The number of hydrogen-bond acceptors (Lipinski definition) is 9. The molecule has 49 heavy (non-hydrogen) atoms. The number of aryl methyl sites for hydroxylation is 2. The lowest BCUT2D eigenvalue weighted by atomic mass is 10.0. The molecule has 6 rings (SSSR count). The molecule has 2 heterocycles. The maximum absolute atomic E-state index is 12.8. The van der Waals surface area contributed by atoms with Crippen LogP contribution in [0.3, 0.4) is 0 Å². The van der Waals surface area contributed by atoms with Gasteiger partial charge in [0.15, 0.2) is 0 Å². The number of benzene rings is 4. The lowest BCUT2D eigenvalue weighted by Gasteiger charge is -2.21. The van der Waals surface area contributed by atoms with E-state index in [1.807, 2.05) is 74.5 Å². The van der Waals surface area contributed by atoms with Gasteiger partial charge >= 0.3 is 11.3 Å². The van der Waals surface area contributed by atoms with Crippen LogP contribution in [-0.2, 0) is 9.47 Å². The van der Waals surface area contributed by atoms with Crippen molar-refractivity contribution in [2.24, 2.45) is 0 Å². The van der Waals surface area contributed by atoms with Gasteiger partial charge < -0.3 is 32.9 Å². The molecule has 0 radical (unpaired) electrons. The summed E-state index contributed by atoms with van der Waals surface area (Å²) in [5.41, 5.74) is 4.58. The van der Waals surface area contributed by atoms with Gasteiger partial charge in [0, 0.05) is 22.9 Å². The van der Waals surface area contributed by atoms with E-state index in [-0.39, 0.29) is 26.4 Å². The summed E-state index contributed by atoms with van der Waals surface area (Å²) in [7, 11) is 0. The third-order valence-corrected chi connectivity index (χ3v) is 7.94. The molecular weight excluding hydrogens is 624 g/mol. The molecule has 0 fully saturated rings. The first-order valence-electron chi connectivity index (χ1n) is 15.8. The molecule has 9 heteroatoms. The molecule has 0 saturated carbocycles. The minimum Gasteiger partial charge on any atom is -0.499 e. The normalized spacial score (nSPS) is 11.9. The maximum atomic E-state index is 12.8. The fraction of sp³-hybridized carbons (Fsp3) is 0.200. The molecule has 2 aromatic heterocycles. The molecule has 1 N–H and O–H groups in total. The van der Waals surface area contributed by atoms with Crippen molar-refractivity contribution >= 4 is 21.9 Å². The third kappa shape index (κ3) is 8.27. The smallest absolute Gasteiger partial charge is 0.344 e. The van der Waals surface area contributed by atoms with Crippen molar-refractivity contribution in [1.82, 2.24) is 0 Å². The fourth-order valence-corrected chi connectivity index (χ4v) is 5.23. The van der Waals surface area contributed by atoms with Crippen molar-refractivity contribution in [1.29, 1.82) is 0 Å². The molecule has 6 aromatic rings. The zero-order valence-electron chi connectivity index (χ0n) is 27.2. The van der Waals surface area contributed by atoms with Crippen molar-refractivity contribution in [3.63, 3.8) is 0 Å². The molecule has 0 amide bonds. The van der Waals surface area contributed by atoms with E-state index in [2.05, 4.69) is 6.58 Å². The number of rotatable bonds is 14. The van der Waals surface area contributed by atoms with Gasteiger partial charge in [-0.2, -0.15) is 0 Å². The Bertz CT molecular complexity index is 2030. The molecule has 0 aliphatic heterocycles. The zero-order chi connectivity index (χ0) is 34.3. The average molecular weight is 661 g/mol. The molecule has 0 aliphatic carbocycles. The number of aliphatic hydroxyl groups excluding tert-OH is 1. The quantitative estimate of drug-likeness (QED) is 0.0955. The Labute approximate surface area is 282 Å². The third-order valence-electron chi connectivity index (χ3n) is 7.94. The Balaban J connectivity index is 1.16. The standard InChI is InChI=1S/C40H36O9/c1-4-44-21-31(41)22-45-34(23-46-32-15-13-29-17-35(39(42)48-37(29)19-32)27-9-5-25(2)6-10-27)24-47-33-16-14-30-18-36(40(43)49-38(30)20-33)28-11-7-26(3)8-12-28/h4-20,31,34,41H,1,21-24H2,2-3H3. The Morgan fingerprint density at radius 1 is 0.653 bits per heavy atom. The first kappa shape index (κ1) is 33.3. The van der Waals surface area contributed by atoms with Crippen LogP contribution >= 0.6 is 0 Å². The summed E-state index contributed by atoms with van der Waals surface area (Å²) in [5.74, 6) is 0.916. The van der Waals surface area contributed by atoms with Crippen molar-refractivity contribution in [3.05, 3.63) is 142 Å². The summed E-state index contributed by atoms with van der Waals surface area (Å²) in [6.45, 7) is 7.53. The molecule has 4 aromatic carbocycles. The molecule has 0 aliphatic rings. The highest BCUT2D eigenvalue weighted by molar-refractivity contribution is 5.83. The summed E-state index contributed by atoms with van der Waals surface area (Å²) in [5, 5.41) is 11.8. The number of aliphatic hydroxyl groups is 1. The van der Waals surface area contributed by atoms with Gasteiger partial charge in [-0.25, -0.2) is 9.59 Å². The van der Waals surface area contributed by atoms with Crippen LogP contribution in [0.2, 0.25) is 0 Å². The van der Waals surface area contributed by atoms with E-state index in [9.17, 15) is 14.7 Å². The minimum absolute atomic E-state index is 0.0144.